The smallest absolute Gasteiger partial charge is 0.254 e. The van der Waals surface area contributed by atoms with Crippen LogP contribution in [-0.4, -0.2) is 48.0 Å². The number of hydrogen-bond acceptors (Lipinski definition) is 4. The van der Waals surface area contributed by atoms with Crippen LogP contribution in [0, 0.1) is 0 Å². The highest BCUT2D eigenvalue weighted by molar-refractivity contribution is 5.95. The van der Waals surface area contributed by atoms with Gasteiger partial charge in [-0.05, 0) is 56.7 Å². The minimum Gasteiger partial charge on any atom is -0.369 e. The zero-order chi connectivity index (χ0) is 18.5. The van der Waals surface area contributed by atoms with Gasteiger partial charge in [-0.25, -0.2) is 0 Å². The summed E-state index contributed by atoms with van der Waals surface area (Å²) in [4.78, 5) is 21.6. The maximum atomic E-state index is 13.1. The minimum atomic E-state index is 0. The van der Waals surface area contributed by atoms with E-state index in [9.17, 15) is 4.79 Å². The van der Waals surface area contributed by atoms with Crippen LogP contribution in [0.4, 0.5) is 5.69 Å². The lowest BCUT2D eigenvalue weighted by molar-refractivity contribution is 0.0634. The first-order valence-electron chi connectivity index (χ1n) is 9.40. The molecule has 0 spiro atoms. The number of nitrogens with one attached hydrogen (secondary N) is 1. The van der Waals surface area contributed by atoms with Crippen molar-refractivity contribution in [2.75, 3.05) is 31.1 Å². The summed E-state index contributed by atoms with van der Waals surface area (Å²) in [6.45, 7) is 9.74. The molecule has 1 amide bonds. The van der Waals surface area contributed by atoms with Crippen LogP contribution in [-0.2, 0) is 0 Å². The topological polar surface area (TPSA) is 48.5 Å². The molecule has 154 valence electrons. The molecule has 0 radical (unpaired) electrons. The fourth-order valence-corrected chi connectivity index (χ4v) is 3.63. The van der Waals surface area contributed by atoms with Crippen LogP contribution in [0.3, 0.4) is 0 Å². The van der Waals surface area contributed by atoms with Crippen molar-refractivity contribution in [1.82, 2.24) is 15.2 Å². The Morgan fingerprint density at radius 2 is 1.96 bits per heavy atom. The molecule has 0 bridgehead atoms. The van der Waals surface area contributed by atoms with Crippen LogP contribution < -0.4 is 10.2 Å². The standard InChI is InChI=1S/C21H28N4O.2ClH/c1-4-24(16(2)3)19-9-7-17(8-10-19)21(26)25-13-12-23-15-20(25)18-6-5-11-22-14-18;;/h5-11,14,16,20,23H,4,12-13,15H2,1-3H3;2*1H. The van der Waals surface area contributed by atoms with Gasteiger partial charge in [0.15, 0.2) is 0 Å². The lowest BCUT2D eigenvalue weighted by Gasteiger charge is -2.36. The Kier molecular flexibility index (Phi) is 9.73. The monoisotopic (exact) mass is 424 g/mol. The Hall–Kier alpha value is -1.82. The molecule has 1 aliphatic heterocycles. The Labute approximate surface area is 180 Å². The third-order valence-electron chi connectivity index (χ3n) is 4.98. The molecule has 28 heavy (non-hydrogen) atoms. The van der Waals surface area contributed by atoms with Crippen LogP contribution in [0.25, 0.3) is 0 Å². The summed E-state index contributed by atoms with van der Waals surface area (Å²) < 4.78 is 0. The van der Waals surface area contributed by atoms with Gasteiger partial charge in [0.25, 0.3) is 5.91 Å². The summed E-state index contributed by atoms with van der Waals surface area (Å²) in [5.74, 6) is 0.0829. The molecule has 1 aromatic carbocycles. The molecule has 1 atom stereocenters. The lowest BCUT2D eigenvalue weighted by Crippen LogP contribution is -2.48. The van der Waals surface area contributed by atoms with E-state index in [2.05, 4.69) is 48.1 Å². The van der Waals surface area contributed by atoms with Gasteiger partial charge in [0.2, 0.25) is 0 Å². The van der Waals surface area contributed by atoms with Crippen LogP contribution in [0.5, 0.6) is 0 Å². The van der Waals surface area contributed by atoms with Gasteiger partial charge in [0.05, 0.1) is 6.04 Å². The Morgan fingerprint density at radius 1 is 1.25 bits per heavy atom. The predicted octanol–water partition coefficient (Wildman–Crippen LogP) is 3.95. The summed E-state index contributed by atoms with van der Waals surface area (Å²) in [5.41, 5.74) is 2.97. The van der Waals surface area contributed by atoms with Crippen molar-refractivity contribution < 1.29 is 4.79 Å². The molecule has 0 aliphatic carbocycles. The quantitative estimate of drug-likeness (QED) is 0.788. The maximum Gasteiger partial charge on any atom is 0.254 e. The number of amides is 1. The van der Waals surface area contributed by atoms with Gasteiger partial charge >= 0.3 is 0 Å². The Balaban J connectivity index is 0.00000196. The van der Waals surface area contributed by atoms with Crippen molar-refractivity contribution in [3.8, 4) is 0 Å². The van der Waals surface area contributed by atoms with E-state index in [0.717, 1.165) is 36.4 Å². The largest absolute Gasteiger partial charge is 0.369 e. The summed E-state index contributed by atoms with van der Waals surface area (Å²) in [6.07, 6.45) is 3.61. The Bertz CT molecular complexity index is 725. The van der Waals surface area contributed by atoms with E-state index < -0.39 is 0 Å². The fraction of sp³-hybridized carbons (Fsp3) is 0.429. The highest BCUT2D eigenvalue weighted by Crippen LogP contribution is 2.25. The van der Waals surface area contributed by atoms with Gasteiger partial charge < -0.3 is 15.1 Å². The molecule has 2 aromatic rings. The minimum absolute atomic E-state index is 0. The number of carbonyl (C=O) groups is 1. The number of hydrogen-bond donors (Lipinski definition) is 1. The average Bonchev–Trinajstić information content (AvgIpc) is 2.69. The second-order valence-corrected chi connectivity index (χ2v) is 6.93. The molecule has 1 unspecified atom stereocenters. The summed E-state index contributed by atoms with van der Waals surface area (Å²) in [6, 6.07) is 12.4. The molecular weight excluding hydrogens is 395 g/mol. The predicted molar refractivity (Wildman–Crippen MR) is 120 cm³/mol. The number of aromatic nitrogens is 1. The number of benzene rings is 1. The van der Waals surface area contributed by atoms with E-state index in [0.29, 0.717) is 12.6 Å². The number of anilines is 1. The average molecular weight is 425 g/mol. The fourth-order valence-electron chi connectivity index (χ4n) is 3.63. The number of carbonyl (C=O) groups excluding carboxylic acids is 1. The normalized spacial score (nSPS) is 16.1. The summed E-state index contributed by atoms with van der Waals surface area (Å²) in [7, 11) is 0. The van der Waals surface area contributed by atoms with Crippen LogP contribution in [0.2, 0.25) is 0 Å². The van der Waals surface area contributed by atoms with E-state index in [1.165, 1.54) is 0 Å². The van der Waals surface area contributed by atoms with E-state index in [-0.39, 0.29) is 36.8 Å². The van der Waals surface area contributed by atoms with Gasteiger partial charge in [-0.1, -0.05) is 6.07 Å². The van der Waals surface area contributed by atoms with Crippen molar-refractivity contribution in [3.05, 3.63) is 59.9 Å². The highest BCUT2D eigenvalue weighted by Gasteiger charge is 2.28. The van der Waals surface area contributed by atoms with Gasteiger partial charge in [-0.15, -0.1) is 24.8 Å². The van der Waals surface area contributed by atoms with Crippen molar-refractivity contribution in [2.24, 2.45) is 0 Å². The Morgan fingerprint density at radius 3 is 2.54 bits per heavy atom. The van der Waals surface area contributed by atoms with E-state index >= 15 is 0 Å². The number of rotatable bonds is 5. The van der Waals surface area contributed by atoms with Gasteiger partial charge in [0, 0.05) is 55.9 Å². The van der Waals surface area contributed by atoms with Gasteiger partial charge in [-0.2, -0.15) is 0 Å². The van der Waals surface area contributed by atoms with E-state index in [1.54, 1.807) is 6.20 Å². The molecule has 0 saturated carbocycles. The molecule has 1 aliphatic rings. The summed E-state index contributed by atoms with van der Waals surface area (Å²) in [5, 5.41) is 3.39. The lowest BCUT2D eigenvalue weighted by atomic mass is 10.0. The van der Waals surface area contributed by atoms with Crippen molar-refractivity contribution in [2.45, 2.75) is 32.9 Å². The molecule has 5 nitrogen and oxygen atoms in total. The van der Waals surface area contributed by atoms with Crippen molar-refractivity contribution in [1.29, 1.82) is 0 Å². The van der Waals surface area contributed by atoms with Gasteiger partial charge in [-0.3, -0.25) is 9.78 Å². The molecule has 3 rings (SSSR count). The first kappa shape index (κ1) is 24.2. The molecule has 7 heteroatoms. The molecular formula is C21H30Cl2N4O. The third kappa shape index (κ3) is 5.37. The zero-order valence-corrected chi connectivity index (χ0v) is 18.3. The second kappa shape index (κ2) is 11.2. The molecule has 1 saturated heterocycles. The SMILES string of the molecule is CCN(c1ccc(C(=O)N2CCNCC2c2cccnc2)cc1)C(C)C.Cl.Cl. The third-order valence-corrected chi connectivity index (χ3v) is 4.98. The van der Waals surface area contributed by atoms with Gasteiger partial charge in [0.1, 0.15) is 0 Å². The van der Waals surface area contributed by atoms with E-state index in [1.807, 2.05) is 35.4 Å². The molecule has 1 N–H and O–H groups in total. The van der Waals surface area contributed by atoms with Crippen molar-refractivity contribution >= 4 is 36.4 Å². The molecule has 1 aromatic heterocycles. The summed E-state index contributed by atoms with van der Waals surface area (Å²) >= 11 is 0. The number of halogens is 2. The zero-order valence-electron chi connectivity index (χ0n) is 16.7. The number of pyridine rings is 1. The van der Waals surface area contributed by atoms with Crippen LogP contribution in [0.15, 0.2) is 48.8 Å². The van der Waals surface area contributed by atoms with Crippen LogP contribution in [0.1, 0.15) is 42.7 Å². The van der Waals surface area contributed by atoms with E-state index in [4.69, 9.17) is 0 Å². The molecule has 1 fully saturated rings. The number of piperazine rings is 1. The first-order chi connectivity index (χ1) is 12.6. The molecule has 2 heterocycles. The highest BCUT2D eigenvalue weighted by atomic mass is 35.5. The second-order valence-electron chi connectivity index (χ2n) is 6.93. The number of nitrogens with zero attached hydrogens (tertiary/aromatic N) is 3. The van der Waals surface area contributed by atoms with Crippen LogP contribution >= 0.6 is 24.8 Å². The van der Waals surface area contributed by atoms with Crippen molar-refractivity contribution in [3.63, 3.8) is 0 Å². The maximum absolute atomic E-state index is 13.1. The first-order valence-corrected chi connectivity index (χ1v) is 9.40.